The summed E-state index contributed by atoms with van der Waals surface area (Å²) in [5.74, 6) is 0. The minimum atomic E-state index is -0.180. The van der Waals surface area contributed by atoms with Gasteiger partial charge in [-0.25, -0.2) is 0 Å². The maximum atomic E-state index is 6.49. The first-order valence-electron chi connectivity index (χ1n) is 7.52. The van der Waals surface area contributed by atoms with Crippen LogP contribution in [-0.2, 0) is 16.0 Å². The molecular formula is C14H23BrN4O2. The van der Waals surface area contributed by atoms with Crippen molar-refractivity contribution in [2.24, 2.45) is 5.73 Å². The molecule has 6 nitrogen and oxygen atoms in total. The van der Waals surface area contributed by atoms with Gasteiger partial charge in [-0.15, -0.1) is 0 Å². The largest absolute Gasteiger partial charge is 0.383 e. The third-order valence-corrected chi connectivity index (χ3v) is 5.08. The topological polar surface area (TPSA) is 65.5 Å². The minimum absolute atomic E-state index is 0.0219. The van der Waals surface area contributed by atoms with Crippen LogP contribution < -0.4 is 5.73 Å². The molecule has 0 aliphatic carbocycles. The van der Waals surface area contributed by atoms with E-state index in [9.17, 15) is 0 Å². The molecule has 3 unspecified atom stereocenters. The number of aromatic nitrogens is 2. The molecule has 0 spiro atoms. The number of nitrogens with two attached hydrogens (primary N) is 1. The van der Waals surface area contributed by atoms with Gasteiger partial charge in [-0.1, -0.05) is 0 Å². The number of morpholine rings is 1. The van der Waals surface area contributed by atoms with Crippen LogP contribution >= 0.6 is 15.9 Å². The highest BCUT2D eigenvalue weighted by atomic mass is 79.9. The van der Waals surface area contributed by atoms with Gasteiger partial charge in [-0.3, -0.25) is 9.58 Å². The third-order valence-electron chi connectivity index (χ3n) is 4.47. The molecule has 21 heavy (non-hydrogen) atoms. The van der Waals surface area contributed by atoms with E-state index in [1.807, 2.05) is 4.68 Å². The molecular weight excluding hydrogens is 336 g/mol. The zero-order valence-corrected chi connectivity index (χ0v) is 14.0. The molecule has 7 heteroatoms. The average molecular weight is 359 g/mol. The molecule has 0 amide bonds. The van der Waals surface area contributed by atoms with Crippen LogP contribution in [0.1, 0.15) is 24.6 Å². The molecule has 1 aromatic heterocycles. The summed E-state index contributed by atoms with van der Waals surface area (Å²) in [6, 6.07) is 0.413. The van der Waals surface area contributed by atoms with E-state index >= 15 is 0 Å². The van der Waals surface area contributed by atoms with Gasteiger partial charge in [-0.2, -0.15) is 5.10 Å². The first-order chi connectivity index (χ1) is 10.2. The Balaban J connectivity index is 1.72. The van der Waals surface area contributed by atoms with Crippen LogP contribution in [-0.4, -0.2) is 60.2 Å². The Morgan fingerprint density at radius 1 is 1.62 bits per heavy atom. The number of methoxy groups -OCH3 is 1. The predicted octanol–water partition coefficient (Wildman–Crippen LogP) is 1.15. The fourth-order valence-corrected chi connectivity index (χ4v) is 3.86. The van der Waals surface area contributed by atoms with Gasteiger partial charge < -0.3 is 15.2 Å². The number of hydrogen-bond acceptors (Lipinski definition) is 5. The van der Waals surface area contributed by atoms with E-state index in [0.29, 0.717) is 19.2 Å². The first-order valence-corrected chi connectivity index (χ1v) is 8.31. The smallest absolute Gasteiger partial charge is 0.0910 e. The molecule has 2 aliphatic rings. The molecule has 2 N–H and O–H groups in total. The lowest BCUT2D eigenvalue weighted by molar-refractivity contribution is -0.0609. The summed E-state index contributed by atoms with van der Waals surface area (Å²) < 4.78 is 14.0. The average Bonchev–Trinajstić information content (AvgIpc) is 3.10. The van der Waals surface area contributed by atoms with Gasteiger partial charge in [0.2, 0.25) is 0 Å². The number of halogens is 1. The second-order valence-electron chi connectivity index (χ2n) is 5.78. The molecule has 2 aliphatic heterocycles. The number of nitrogens with zero attached hydrogens (tertiary/aromatic N) is 3. The Bertz CT molecular complexity index is 482. The van der Waals surface area contributed by atoms with Crippen molar-refractivity contribution in [2.75, 3.05) is 33.4 Å². The summed E-state index contributed by atoms with van der Waals surface area (Å²) in [6.45, 7) is 4.19. The molecule has 3 atom stereocenters. The molecule has 3 heterocycles. The molecule has 0 aromatic carbocycles. The van der Waals surface area contributed by atoms with E-state index in [-0.39, 0.29) is 12.1 Å². The van der Waals surface area contributed by atoms with Gasteiger partial charge in [0.15, 0.2) is 0 Å². The summed E-state index contributed by atoms with van der Waals surface area (Å²) in [4.78, 5) is 2.51. The maximum absolute atomic E-state index is 6.49. The Labute approximate surface area is 133 Å². The van der Waals surface area contributed by atoms with E-state index in [2.05, 4.69) is 25.9 Å². The van der Waals surface area contributed by atoms with Gasteiger partial charge in [0.05, 0.1) is 48.3 Å². The fraction of sp³-hybridized carbons (Fsp3) is 0.786. The first kappa shape index (κ1) is 15.4. The lowest BCUT2D eigenvalue weighted by atomic mass is 10.1. The van der Waals surface area contributed by atoms with Crippen molar-refractivity contribution in [3.8, 4) is 0 Å². The second kappa shape index (κ2) is 6.75. The quantitative estimate of drug-likeness (QED) is 0.855. The molecule has 3 rings (SSSR count). The van der Waals surface area contributed by atoms with Crippen LogP contribution in [0.25, 0.3) is 0 Å². The monoisotopic (exact) mass is 358 g/mol. The van der Waals surface area contributed by atoms with Crippen molar-refractivity contribution in [1.82, 2.24) is 14.7 Å². The van der Waals surface area contributed by atoms with Crippen LogP contribution in [0.4, 0.5) is 0 Å². The van der Waals surface area contributed by atoms with Crippen molar-refractivity contribution in [3.63, 3.8) is 0 Å². The summed E-state index contributed by atoms with van der Waals surface area (Å²) in [5, 5.41) is 4.38. The van der Waals surface area contributed by atoms with E-state index in [1.165, 1.54) is 19.4 Å². The number of hydrogen-bond donors (Lipinski definition) is 1. The number of fused-ring (bicyclic) bond motifs is 1. The highest BCUT2D eigenvalue weighted by Crippen LogP contribution is 2.30. The van der Waals surface area contributed by atoms with Gasteiger partial charge in [-0.05, 0) is 35.3 Å². The van der Waals surface area contributed by atoms with E-state index in [0.717, 1.165) is 23.3 Å². The van der Waals surface area contributed by atoms with Crippen LogP contribution in [0.2, 0.25) is 0 Å². The highest BCUT2D eigenvalue weighted by Gasteiger charge is 2.36. The van der Waals surface area contributed by atoms with Gasteiger partial charge in [0, 0.05) is 19.7 Å². The molecule has 1 aromatic rings. The minimum Gasteiger partial charge on any atom is -0.383 e. The maximum Gasteiger partial charge on any atom is 0.0910 e. The molecule has 0 saturated carbocycles. The van der Waals surface area contributed by atoms with Crippen molar-refractivity contribution in [2.45, 2.75) is 37.6 Å². The van der Waals surface area contributed by atoms with Crippen molar-refractivity contribution >= 4 is 15.9 Å². The third kappa shape index (κ3) is 3.17. The van der Waals surface area contributed by atoms with Crippen LogP contribution in [0.3, 0.4) is 0 Å². The molecule has 0 bridgehead atoms. The Morgan fingerprint density at radius 2 is 2.48 bits per heavy atom. The van der Waals surface area contributed by atoms with Crippen molar-refractivity contribution in [1.29, 1.82) is 0 Å². The SMILES string of the molecule is COCCn1ncc(Br)c1C(N)C1CN2CCCC2CO1. The lowest BCUT2D eigenvalue weighted by Gasteiger charge is -2.37. The standard InChI is InChI=1S/C14H23BrN4O2/c1-20-6-5-19-14(11(15)7-17-19)13(16)12-8-18-4-2-3-10(18)9-21-12/h7,10,12-13H,2-6,8-9,16H2,1H3. The molecule has 118 valence electrons. The fourth-order valence-electron chi connectivity index (χ4n) is 3.30. The van der Waals surface area contributed by atoms with Crippen molar-refractivity contribution < 1.29 is 9.47 Å². The summed E-state index contributed by atoms with van der Waals surface area (Å²) >= 11 is 3.56. The zero-order chi connectivity index (χ0) is 14.8. The van der Waals surface area contributed by atoms with E-state index in [1.54, 1.807) is 13.3 Å². The van der Waals surface area contributed by atoms with Crippen LogP contribution in [0.5, 0.6) is 0 Å². The van der Waals surface area contributed by atoms with Gasteiger partial charge in [0.1, 0.15) is 0 Å². The Morgan fingerprint density at radius 3 is 3.29 bits per heavy atom. The number of rotatable bonds is 5. The predicted molar refractivity (Wildman–Crippen MR) is 83.1 cm³/mol. The summed E-state index contributed by atoms with van der Waals surface area (Å²) in [7, 11) is 1.69. The Hall–Kier alpha value is -0.470. The van der Waals surface area contributed by atoms with Crippen LogP contribution in [0.15, 0.2) is 10.7 Å². The summed E-state index contributed by atoms with van der Waals surface area (Å²) in [5.41, 5.74) is 7.48. The lowest BCUT2D eigenvalue weighted by Crippen LogP contribution is -2.50. The van der Waals surface area contributed by atoms with E-state index < -0.39 is 0 Å². The molecule has 0 radical (unpaired) electrons. The summed E-state index contributed by atoms with van der Waals surface area (Å²) in [6.07, 6.45) is 4.34. The van der Waals surface area contributed by atoms with Crippen molar-refractivity contribution in [3.05, 3.63) is 16.4 Å². The van der Waals surface area contributed by atoms with Gasteiger partial charge >= 0.3 is 0 Å². The molecule has 2 fully saturated rings. The van der Waals surface area contributed by atoms with Gasteiger partial charge in [0.25, 0.3) is 0 Å². The Kier molecular flexibility index (Phi) is 4.96. The zero-order valence-electron chi connectivity index (χ0n) is 12.4. The number of ether oxygens (including phenoxy) is 2. The normalized spacial score (nSPS) is 27.8. The molecule has 2 saturated heterocycles. The second-order valence-corrected chi connectivity index (χ2v) is 6.64. The van der Waals surface area contributed by atoms with Crippen LogP contribution in [0, 0.1) is 0 Å². The highest BCUT2D eigenvalue weighted by molar-refractivity contribution is 9.10. The van der Waals surface area contributed by atoms with E-state index in [4.69, 9.17) is 15.2 Å².